The third kappa shape index (κ3) is 3.98. The first-order valence-corrected chi connectivity index (χ1v) is 9.10. The Bertz CT molecular complexity index is 854. The third-order valence-electron chi connectivity index (χ3n) is 3.80. The van der Waals surface area contributed by atoms with Crippen molar-refractivity contribution in [1.82, 2.24) is 9.03 Å². The fraction of sp³-hybridized carbons (Fsp3) is 0.235. The predicted octanol–water partition coefficient (Wildman–Crippen LogP) is 1.67. The number of hydrogen-bond acceptors (Lipinski definition) is 5. The average Bonchev–Trinajstić information content (AvgIpc) is 2.90. The molecule has 7 nitrogen and oxygen atoms in total. The zero-order chi connectivity index (χ0) is 17.9. The Morgan fingerprint density at radius 2 is 1.88 bits per heavy atom. The van der Waals surface area contributed by atoms with Crippen LogP contribution in [0, 0.1) is 0 Å². The molecule has 132 valence electrons. The molecule has 1 fully saturated rings. The molecule has 0 amide bonds. The van der Waals surface area contributed by atoms with Crippen molar-refractivity contribution in [2.45, 2.75) is 12.6 Å². The molecule has 0 aromatic heterocycles. The highest BCUT2D eigenvalue weighted by Gasteiger charge is 2.42. The van der Waals surface area contributed by atoms with Gasteiger partial charge < -0.3 is 9.47 Å². The highest BCUT2D eigenvalue weighted by molar-refractivity contribution is 7.87. The number of rotatable bonds is 5. The van der Waals surface area contributed by atoms with Gasteiger partial charge in [-0.25, -0.2) is 0 Å². The van der Waals surface area contributed by atoms with Gasteiger partial charge in [0.15, 0.2) is 0 Å². The third-order valence-corrected chi connectivity index (χ3v) is 5.34. The second-order valence-corrected chi connectivity index (χ2v) is 7.21. The highest BCUT2D eigenvalue weighted by Crippen LogP contribution is 2.24. The van der Waals surface area contributed by atoms with E-state index in [0.29, 0.717) is 17.1 Å². The number of benzene rings is 2. The second kappa shape index (κ2) is 7.22. The molecule has 3 rings (SSSR count). The van der Waals surface area contributed by atoms with Crippen LogP contribution < -0.4 is 9.46 Å². The summed E-state index contributed by atoms with van der Waals surface area (Å²) < 4.78 is 38.2. The lowest BCUT2D eigenvalue weighted by atomic mass is 10.2. The van der Waals surface area contributed by atoms with Gasteiger partial charge in [-0.2, -0.15) is 17.4 Å². The van der Waals surface area contributed by atoms with Gasteiger partial charge in [0.2, 0.25) is 0 Å². The van der Waals surface area contributed by atoms with Crippen molar-refractivity contribution >= 4 is 16.2 Å². The van der Waals surface area contributed by atoms with Crippen molar-refractivity contribution in [3.8, 4) is 11.5 Å². The topological polar surface area (TPSA) is 84.9 Å². The number of para-hydroxylation sites is 1. The lowest BCUT2D eigenvalue weighted by molar-refractivity contribution is -0.144. The molecule has 1 unspecified atom stereocenters. The molecule has 25 heavy (non-hydrogen) atoms. The second-order valence-electron chi connectivity index (χ2n) is 5.50. The Kier molecular flexibility index (Phi) is 5.03. The quantitative estimate of drug-likeness (QED) is 0.818. The summed E-state index contributed by atoms with van der Waals surface area (Å²) in [4.78, 5) is 11.8. The van der Waals surface area contributed by atoms with Crippen LogP contribution in [0.2, 0.25) is 0 Å². The zero-order valence-corrected chi connectivity index (χ0v) is 14.4. The van der Waals surface area contributed by atoms with Gasteiger partial charge in [-0.05, 0) is 29.8 Å². The van der Waals surface area contributed by atoms with E-state index < -0.39 is 22.2 Å². The Hall–Kier alpha value is -2.42. The molecule has 1 saturated heterocycles. The molecule has 0 aliphatic carbocycles. The largest absolute Gasteiger partial charge is 0.468 e. The SMILES string of the molecule is COC(=O)C1CNS(=O)(=O)N1Cc1cccc(Oc2ccccc2)c1. The van der Waals surface area contributed by atoms with E-state index in [1.807, 2.05) is 30.3 Å². The summed E-state index contributed by atoms with van der Waals surface area (Å²) in [5.74, 6) is 0.677. The zero-order valence-electron chi connectivity index (χ0n) is 13.6. The molecular weight excluding hydrogens is 344 g/mol. The minimum atomic E-state index is -3.72. The summed E-state index contributed by atoms with van der Waals surface area (Å²) >= 11 is 0. The van der Waals surface area contributed by atoms with Gasteiger partial charge in [0.05, 0.1) is 7.11 Å². The molecular formula is C17H18N2O5S. The van der Waals surface area contributed by atoms with Crippen molar-refractivity contribution in [1.29, 1.82) is 0 Å². The molecule has 0 bridgehead atoms. The van der Waals surface area contributed by atoms with Crippen LogP contribution in [0.3, 0.4) is 0 Å². The Labute approximate surface area is 146 Å². The van der Waals surface area contributed by atoms with E-state index in [9.17, 15) is 13.2 Å². The first-order valence-electron chi connectivity index (χ1n) is 7.66. The molecule has 1 aliphatic heterocycles. The van der Waals surface area contributed by atoms with Crippen LogP contribution in [0.5, 0.6) is 11.5 Å². The smallest absolute Gasteiger partial charge is 0.325 e. The number of methoxy groups -OCH3 is 1. The van der Waals surface area contributed by atoms with Gasteiger partial charge in [-0.3, -0.25) is 4.79 Å². The van der Waals surface area contributed by atoms with Gasteiger partial charge in [-0.15, -0.1) is 0 Å². The molecule has 8 heteroatoms. The number of esters is 1. The number of carbonyl (C=O) groups excluding carboxylic acids is 1. The van der Waals surface area contributed by atoms with Crippen molar-refractivity contribution < 1.29 is 22.7 Å². The van der Waals surface area contributed by atoms with Crippen LogP contribution in [0.1, 0.15) is 5.56 Å². The van der Waals surface area contributed by atoms with E-state index in [2.05, 4.69) is 9.46 Å². The van der Waals surface area contributed by atoms with E-state index in [-0.39, 0.29) is 13.1 Å². The van der Waals surface area contributed by atoms with E-state index >= 15 is 0 Å². The molecule has 1 heterocycles. The minimum Gasteiger partial charge on any atom is -0.468 e. The lowest BCUT2D eigenvalue weighted by Gasteiger charge is -2.20. The molecule has 1 aliphatic rings. The predicted molar refractivity (Wildman–Crippen MR) is 91.2 cm³/mol. The fourth-order valence-electron chi connectivity index (χ4n) is 2.58. The Balaban J connectivity index is 1.80. The lowest BCUT2D eigenvalue weighted by Crippen LogP contribution is -2.40. The normalized spacial score (nSPS) is 19.5. The average molecular weight is 362 g/mol. The van der Waals surface area contributed by atoms with Crippen LogP contribution in [-0.4, -0.2) is 38.4 Å². The molecule has 0 spiro atoms. The minimum absolute atomic E-state index is 0.00475. The van der Waals surface area contributed by atoms with Crippen LogP contribution in [0.25, 0.3) is 0 Å². The van der Waals surface area contributed by atoms with E-state index in [4.69, 9.17) is 4.74 Å². The standard InChI is InChI=1S/C17H18N2O5S/c1-23-17(20)16-11-18-25(21,22)19(16)12-13-6-5-9-15(10-13)24-14-7-3-2-4-8-14/h2-10,16,18H,11-12H2,1H3. The molecule has 0 radical (unpaired) electrons. The summed E-state index contributed by atoms with van der Waals surface area (Å²) in [6.45, 7) is 0.0380. The van der Waals surface area contributed by atoms with Crippen molar-refractivity contribution in [2.24, 2.45) is 0 Å². The van der Waals surface area contributed by atoms with Crippen molar-refractivity contribution in [3.63, 3.8) is 0 Å². The van der Waals surface area contributed by atoms with Gasteiger partial charge in [0.1, 0.15) is 17.5 Å². The van der Waals surface area contributed by atoms with Gasteiger partial charge in [0.25, 0.3) is 10.2 Å². The van der Waals surface area contributed by atoms with Crippen LogP contribution >= 0.6 is 0 Å². The first-order chi connectivity index (χ1) is 12.0. The van der Waals surface area contributed by atoms with Crippen LogP contribution in [0.15, 0.2) is 54.6 Å². The molecule has 0 saturated carbocycles. The Morgan fingerprint density at radius 1 is 1.16 bits per heavy atom. The molecule has 2 aromatic carbocycles. The maximum absolute atomic E-state index is 12.1. The summed E-state index contributed by atoms with van der Waals surface area (Å²) in [5, 5.41) is 0. The van der Waals surface area contributed by atoms with Gasteiger partial charge in [-0.1, -0.05) is 30.3 Å². The maximum atomic E-state index is 12.1. The number of ether oxygens (including phenoxy) is 2. The molecule has 1 atom stereocenters. The van der Waals surface area contributed by atoms with E-state index in [1.54, 1.807) is 24.3 Å². The number of nitrogens with zero attached hydrogens (tertiary/aromatic N) is 1. The summed E-state index contributed by atoms with van der Waals surface area (Å²) in [6, 6.07) is 15.5. The Morgan fingerprint density at radius 3 is 2.60 bits per heavy atom. The van der Waals surface area contributed by atoms with E-state index in [1.165, 1.54) is 7.11 Å². The van der Waals surface area contributed by atoms with Crippen molar-refractivity contribution in [2.75, 3.05) is 13.7 Å². The van der Waals surface area contributed by atoms with E-state index in [0.717, 1.165) is 4.31 Å². The van der Waals surface area contributed by atoms with Crippen LogP contribution in [-0.2, 0) is 26.3 Å². The first kappa shape index (κ1) is 17.4. The fourth-order valence-corrected chi connectivity index (χ4v) is 3.93. The summed E-state index contributed by atoms with van der Waals surface area (Å²) in [5.41, 5.74) is 0.703. The van der Waals surface area contributed by atoms with Crippen LogP contribution in [0.4, 0.5) is 0 Å². The van der Waals surface area contributed by atoms with Crippen molar-refractivity contribution in [3.05, 3.63) is 60.2 Å². The maximum Gasteiger partial charge on any atom is 0.325 e. The number of nitrogens with one attached hydrogen (secondary N) is 1. The van der Waals surface area contributed by atoms with Gasteiger partial charge >= 0.3 is 5.97 Å². The number of carbonyl (C=O) groups is 1. The number of hydrogen-bond donors (Lipinski definition) is 1. The summed E-state index contributed by atoms with van der Waals surface area (Å²) in [6.07, 6.45) is 0. The molecule has 1 N–H and O–H groups in total. The van der Waals surface area contributed by atoms with Gasteiger partial charge in [0, 0.05) is 13.1 Å². The highest BCUT2D eigenvalue weighted by atomic mass is 32.2. The summed E-state index contributed by atoms with van der Waals surface area (Å²) in [7, 11) is -2.48. The monoisotopic (exact) mass is 362 g/mol. The molecule has 2 aromatic rings.